The normalized spacial score (nSPS) is 11.0. The van der Waals surface area contributed by atoms with Crippen LogP contribution < -0.4 is 19.6 Å². The molecule has 3 aromatic carbocycles. The van der Waals surface area contributed by atoms with E-state index in [2.05, 4.69) is 4.98 Å². The molecule has 36 heavy (non-hydrogen) atoms. The number of aromatic nitrogens is 1. The summed E-state index contributed by atoms with van der Waals surface area (Å²) in [6, 6.07) is 19.2. The average Bonchev–Trinajstić information content (AvgIpc) is 2.92. The number of fused-ring (bicyclic) bond motifs is 2. The molecule has 0 aliphatic carbocycles. The lowest BCUT2D eigenvalue weighted by atomic mass is 10.0. The van der Waals surface area contributed by atoms with Gasteiger partial charge in [0.1, 0.15) is 17.9 Å². The summed E-state index contributed by atoms with van der Waals surface area (Å²) in [6.07, 6.45) is 1.47. The van der Waals surface area contributed by atoms with Crippen molar-refractivity contribution < 1.29 is 23.4 Å². The number of hydrogen-bond donors (Lipinski definition) is 0. The van der Waals surface area contributed by atoms with E-state index in [0.717, 1.165) is 16.9 Å². The van der Waals surface area contributed by atoms with Crippen LogP contribution in [-0.4, -0.2) is 25.0 Å². The van der Waals surface area contributed by atoms with Crippen molar-refractivity contribution in [1.29, 1.82) is 0 Å². The van der Waals surface area contributed by atoms with Gasteiger partial charge in [0.25, 0.3) is 0 Å². The van der Waals surface area contributed by atoms with E-state index in [4.69, 9.17) is 18.6 Å². The van der Waals surface area contributed by atoms with E-state index in [0.29, 0.717) is 51.3 Å². The quantitative estimate of drug-likeness (QED) is 0.225. The van der Waals surface area contributed by atoms with Gasteiger partial charge in [-0.25, -0.2) is 4.98 Å². The van der Waals surface area contributed by atoms with Crippen LogP contribution in [-0.2, 0) is 6.61 Å². The van der Waals surface area contributed by atoms with Gasteiger partial charge in [-0.15, -0.1) is 0 Å². The number of ketones is 1. The van der Waals surface area contributed by atoms with Gasteiger partial charge in [0.05, 0.1) is 25.0 Å². The maximum atomic E-state index is 13.1. The fourth-order valence-corrected chi connectivity index (χ4v) is 4.00. The summed E-state index contributed by atoms with van der Waals surface area (Å²) in [7, 11) is 3.14. The van der Waals surface area contributed by atoms with E-state index in [1.807, 2.05) is 31.2 Å². The van der Waals surface area contributed by atoms with Gasteiger partial charge in [-0.1, -0.05) is 18.2 Å². The van der Waals surface area contributed by atoms with Crippen molar-refractivity contribution in [3.8, 4) is 17.4 Å². The maximum Gasteiger partial charge on any atom is 0.213 e. The number of aryl methyl sites for hydroxylation is 1. The number of benzene rings is 3. The lowest BCUT2D eigenvalue weighted by molar-refractivity contribution is 0.103. The van der Waals surface area contributed by atoms with Crippen LogP contribution in [0.25, 0.3) is 21.9 Å². The molecule has 7 nitrogen and oxygen atoms in total. The van der Waals surface area contributed by atoms with Crippen molar-refractivity contribution in [3.63, 3.8) is 0 Å². The summed E-state index contributed by atoms with van der Waals surface area (Å²) in [5.74, 6) is 1.40. The Hall–Kier alpha value is -4.65. The maximum absolute atomic E-state index is 13.1. The molecule has 5 rings (SSSR count). The molecule has 5 aromatic rings. The van der Waals surface area contributed by atoms with Gasteiger partial charge in [0, 0.05) is 23.4 Å². The number of pyridine rings is 1. The molecule has 0 N–H and O–H groups in total. The lowest BCUT2D eigenvalue weighted by Gasteiger charge is -2.09. The first kappa shape index (κ1) is 23.1. The highest BCUT2D eigenvalue weighted by molar-refractivity contribution is 6.10. The summed E-state index contributed by atoms with van der Waals surface area (Å²) < 4.78 is 22.3. The zero-order valence-corrected chi connectivity index (χ0v) is 20.0. The van der Waals surface area contributed by atoms with Crippen molar-refractivity contribution in [2.75, 3.05) is 14.2 Å². The fourth-order valence-electron chi connectivity index (χ4n) is 4.00. The molecule has 0 aliphatic rings. The van der Waals surface area contributed by atoms with Crippen LogP contribution in [0.4, 0.5) is 0 Å². The molecule has 0 saturated heterocycles. The van der Waals surface area contributed by atoms with Crippen LogP contribution >= 0.6 is 0 Å². The molecule has 0 spiro atoms. The number of rotatable bonds is 7. The number of carbonyl (C=O) groups excluding carboxylic acids is 1. The van der Waals surface area contributed by atoms with Gasteiger partial charge in [-0.2, -0.15) is 0 Å². The van der Waals surface area contributed by atoms with Crippen molar-refractivity contribution in [2.24, 2.45) is 0 Å². The average molecular weight is 482 g/mol. The Bertz CT molecular complexity index is 1640. The van der Waals surface area contributed by atoms with Crippen molar-refractivity contribution in [2.45, 2.75) is 13.5 Å². The SMILES string of the molecule is COc1ccc(COc2ccc(C(=O)c3ccc4c(=O)c5cc(C)cc(OC)c5oc4c3)cn2)cc1. The first-order valence-electron chi connectivity index (χ1n) is 11.3. The molecule has 7 heteroatoms. The molecule has 2 aromatic heterocycles. The van der Waals surface area contributed by atoms with Gasteiger partial charge in [-0.05, 0) is 60.5 Å². The minimum absolute atomic E-state index is 0.174. The largest absolute Gasteiger partial charge is 0.497 e. The Labute approximate surface area is 206 Å². The van der Waals surface area contributed by atoms with E-state index >= 15 is 0 Å². The van der Waals surface area contributed by atoms with E-state index in [1.165, 1.54) is 13.3 Å². The van der Waals surface area contributed by atoms with Crippen LogP contribution in [0.5, 0.6) is 17.4 Å². The highest BCUT2D eigenvalue weighted by Crippen LogP contribution is 2.29. The Morgan fingerprint density at radius 2 is 1.67 bits per heavy atom. The molecule has 0 amide bonds. The number of methoxy groups -OCH3 is 2. The van der Waals surface area contributed by atoms with Crippen LogP contribution in [0.2, 0.25) is 0 Å². The molecular formula is C29H23NO6. The third-order valence-electron chi connectivity index (χ3n) is 5.91. The summed E-state index contributed by atoms with van der Waals surface area (Å²) in [5.41, 5.74) is 3.12. The summed E-state index contributed by atoms with van der Waals surface area (Å²) >= 11 is 0. The molecule has 0 aliphatic heterocycles. The topological polar surface area (TPSA) is 87.9 Å². The van der Waals surface area contributed by atoms with Gasteiger partial charge in [-0.3, -0.25) is 9.59 Å². The summed E-state index contributed by atoms with van der Waals surface area (Å²) in [5, 5.41) is 0.833. The smallest absolute Gasteiger partial charge is 0.213 e. The standard InChI is InChI=1S/C29H23NO6/c1-17-12-23-28(32)22-10-6-19(14-24(22)36-29(23)25(13-17)34-3)27(31)20-7-11-26(30-15-20)35-16-18-4-8-21(33-2)9-5-18/h4-15H,16H2,1-3H3. The van der Waals surface area contributed by atoms with Gasteiger partial charge < -0.3 is 18.6 Å². The van der Waals surface area contributed by atoms with Crippen molar-refractivity contribution >= 4 is 27.7 Å². The number of carbonyl (C=O) groups is 1. The molecule has 0 saturated carbocycles. The van der Waals surface area contributed by atoms with Gasteiger partial charge in [0.2, 0.25) is 11.3 Å². The molecule has 180 valence electrons. The fraction of sp³-hybridized carbons (Fsp3) is 0.138. The second kappa shape index (κ2) is 9.54. The molecule has 2 heterocycles. The monoisotopic (exact) mass is 481 g/mol. The minimum atomic E-state index is -0.246. The summed E-state index contributed by atoms with van der Waals surface area (Å²) in [4.78, 5) is 30.4. The van der Waals surface area contributed by atoms with Gasteiger partial charge >= 0.3 is 0 Å². The van der Waals surface area contributed by atoms with Crippen LogP contribution in [0.3, 0.4) is 0 Å². The zero-order valence-electron chi connectivity index (χ0n) is 20.0. The Balaban J connectivity index is 1.39. The highest BCUT2D eigenvalue weighted by atomic mass is 16.5. The third-order valence-corrected chi connectivity index (χ3v) is 5.91. The Morgan fingerprint density at radius 3 is 2.36 bits per heavy atom. The van der Waals surface area contributed by atoms with Crippen molar-refractivity contribution in [3.05, 3.63) is 105 Å². The highest BCUT2D eigenvalue weighted by Gasteiger charge is 2.16. The zero-order chi connectivity index (χ0) is 25.2. The number of ether oxygens (including phenoxy) is 3. The Kier molecular flexibility index (Phi) is 6.12. The predicted molar refractivity (Wildman–Crippen MR) is 136 cm³/mol. The molecule has 0 bridgehead atoms. The van der Waals surface area contributed by atoms with Gasteiger partial charge in [0.15, 0.2) is 17.1 Å². The second-order valence-corrected chi connectivity index (χ2v) is 8.34. The molecule has 0 atom stereocenters. The van der Waals surface area contributed by atoms with Crippen LogP contribution in [0.1, 0.15) is 27.0 Å². The van der Waals surface area contributed by atoms with Crippen LogP contribution in [0.15, 0.2) is 82.1 Å². The third kappa shape index (κ3) is 4.38. The molecule has 0 radical (unpaired) electrons. The number of hydrogen-bond acceptors (Lipinski definition) is 7. The molecule has 0 unspecified atom stereocenters. The van der Waals surface area contributed by atoms with Crippen LogP contribution in [0, 0.1) is 6.92 Å². The second-order valence-electron chi connectivity index (χ2n) is 8.34. The van der Waals surface area contributed by atoms with E-state index in [-0.39, 0.29) is 11.2 Å². The van der Waals surface area contributed by atoms with E-state index in [1.54, 1.807) is 49.6 Å². The number of nitrogens with zero attached hydrogens (tertiary/aromatic N) is 1. The predicted octanol–water partition coefficient (Wildman–Crippen LogP) is 5.48. The lowest BCUT2D eigenvalue weighted by Crippen LogP contribution is -2.06. The minimum Gasteiger partial charge on any atom is -0.497 e. The summed E-state index contributed by atoms with van der Waals surface area (Å²) in [6.45, 7) is 2.22. The first-order valence-corrected chi connectivity index (χ1v) is 11.3. The van der Waals surface area contributed by atoms with E-state index in [9.17, 15) is 9.59 Å². The first-order chi connectivity index (χ1) is 17.5. The van der Waals surface area contributed by atoms with Crippen molar-refractivity contribution in [1.82, 2.24) is 4.98 Å². The Morgan fingerprint density at radius 1 is 0.889 bits per heavy atom. The molecule has 0 fully saturated rings. The molecular weight excluding hydrogens is 458 g/mol. The van der Waals surface area contributed by atoms with E-state index < -0.39 is 0 Å².